The molecule has 1 aromatic rings. The number of aliphatic imine (C=N–C) groups is 1. The number of fused-ring (bicyclic) bond motifs is 1. The molecule has 3 atom stereocenters. The third-order valence-electron chi connectivity index (χ3n) is 9.59. The van der Waals surface area contributed by atoms with Crippen LogP contribution in [0.4, 0.5) is 0 Å². The first-order chi connectivity index (χ1) is 18.6. The molecular weight excluding hydrogens is 474 g/mol. The number of rotatable bonds is 5. The zero-order valence-electron chi connectivity index (χ0n) is 22.2. The number of carbonyl (C=O) groups excluding carboxylic acids is 2. The lowest BCUT2D eigenvalue weighted by Crippen LogP contribution is -2.50. The summed E-state index contributed by atoms with van der Waals surface area (Å²) in [7, 11) is 0. The maximum atomic E-state index is 13.9. The van der Waals surface area contributed by atoms with Crippen LogP contribution in [0, 0.1) is 23.7 Å². The SMILES string of the molecule is O=C(C1CC1)N1CCC(CN2C(=O)C3(CCNCC3)N=C2c2ccc(C3=C[C@H]4CCNCC4C=C3)cc2)C1. The topological polar surface area (TPSA) is 77.0 Å². The average Bonchev–Trinajstić information content (AvgIpc) is 3.66. The molecule has 2 amide bonds. The first-order valence-electron chi connectivity index (χ1n) is 14.7. The first kappa shape index (κ1) is 24.3. The molecule has 4 fully saturated rings. The Labute approximate surface area is 225 Å². The quantitative estimate of drug-likeness (QED) is 0.635. The van der Waals surface area contributed by atoms with E-state index in [0.717, 1.165) is 82.8 Å². The van der Waals surface area contributed by atoms with Gasteiger partial charge in [-0.05, 0) is 87.0 Å². The molecule has 7 heteroatoms. The second-order valence-corrected chi connectivity index (χ2v) is 12.2. The van der Waals surface area contributed by atoms with Crippen LogP contribution in [-0.2, 0) is 9.59 Å². The maximum Gasteiger partial charge on any atom is 0.256 e. The Morgan fingerprint density at radius 2 is 1.76 bits per heavy atom. The summed E-state index contributed by atoms with van der Waals surface area (Å²) in [6.45, 7) is 6.02. The molecule has 7 rings (SSSR count). The number of piperidine rings is 2. The smallest absolute Gasteiger partial charge is 0.256 e. The third kappa shape index (κ3) is 4.43. The number of amides is 2. The third-order valence-corrected chi connectivity index (χ3v) is 9.59. The van der Waals surface area contributed by atoms with Gasteiger partial charge in [0.15, 0.2) is 0 Å². The fourth-order valence-corrected chi connectivity index (χ4v) is 7.08. The number of carbonyl (C=O) groups is 2. The second-order valence-electron chi connectivity index (χ2n) is 12.2. The largest absolute Gasteiger partial charge is 0.342 e. The van der Waals surface area contributed by atoms with Crippen LogP contribution in [0.5, 0.6) is 0 Å². The molecule has 38 heavy (non-hydrogen) atoms. The maximum absolute atomic E-state index is 13.9. The summed E-state index contributed by atoms with van der Waals surface area (Å²) in [6.07, 6.45) is 12.8. The van der Waals surface area contributed by atoms with Crippen molar-refractivity contribution in [2.24, 2.45) is 28.7 Å². The summed E-state index contributed by atoms with van der Waals surface area (Å²) in [5.41, 5.74) is 2.89. The number of likely N-dealkylation sites (tertiary alicyclic amines) is 1. The van der Waals surface area contributed by atoms with E-state index in [9.17, 15) is 9.59 Å². The van der Waals surface area contributed by atoms with E-state index in [1.54, 1.807) is 0 Å². The van der Waals surface area contributed by atoms with Crippen LogP contribution in [0.3, 0.4) is 0 Å². The van der Waals surface area contributed by atoms with E-state index in [-0.39, 0.29) is 11.8 Å². The number of amidine groups is 1. The van der Waals surface area contributed by atoms with Gasteiger partial charge in [0, 0.05) is 37.7 Å². The van der Waals surface area contributed by atoms with E-state index in [1.165, 1.54) is 17.6 Å². The van der Waals surface area contributed by atoms with E-state index in [2.05, 4.69) is 53.1 Å². The highest BCUT2D eigenvalue weighted by Gasteiger charge is 2.49. The van der Waals surface area contributed by atoms with Gasteiger partial charge in [-0.1, -0.05) is 42.5 Å². The molecule has 7 nitrogen and oxygen atoms in total. The Morgan fingerprint density at radius 3 is 2.55 bits per heavy atom. The molecule has 1 aromatic carbocycles. The molecule has 2 aliphatic carbocycles. The number of nitrogens with one attached hydrogen (secondary N) is 2. The van der Waals surface area contributed by atoms with Crippen molar-refractivity contribution in [3.63, 3.8) is 0 Å². The molecule has 4 heterocycles. The highest BCUT2D eigenvalue weighted by Crippen LogP contribution is 2.37. The van der Waals surface area contributed by atoms with E-state index in [0.29, 0.717) is 30.2 Å². The molecule has 1 spiro atoms. The molecular formula is C31H39N5O2. The van der Waals surface area contributed by atoms with Crippen LogP contribution in [0.1, 0.15) is 49.7 Å². The van der Waals surface area contributed by atoms with Crippen molar-refractivity contribution >= 4 is 23.2 Å². The lowest BCUT2D eigenvalue weighted by molar-refractivity contribution is -0.132. The minimum Gasteiger partial charge on any atom is -0.342 e. The number of benzene rings is 1. The monoisotopic (exact) mass is 513 g/mol. The van der Waals surface area contributed by atoms with Crippen LogP contribution < -0.4 is 10.6 Å². The zero-order valence-corrected chi connectivity index (χ0v) is 22.2. The molecule has 0 aromatic heterocycles. The molecule has 4 aliphatic heterocycles. The highest BCUT2D eigenvalue weighted by atomic mass is 16.2. The Balaban J connectivity index is 1.12. The van der Waals surface area contributed by atoms with Gasteiger partial charge < -0.3 is 15.5 Å². The fourth-order valence-electron chi connectivity index (χ4n) is 7.08. The Bertz CT molecular complexity index is 1190. The van der Waals surface area contributed by atoms with Gasteiger partial charge in [-0.3, -0.25) is 19.5 Å². The molecule has 0 radical (unpaired) electrons. The zero-order chi connectivity index (χ0) is 25.7. The van der Waals surface area contributed by atoms with Gasteiger partial charge >= 0.3 is 0 Å². The summed E-state index contributed by atoms with van der Waals surface area (Å²) >= 11 is 0. The van der Waals surface area contributed by atoms with Crippen LogP contribution in [-0.4, -0.2) is 78.8 Å². The van der Waals surface area contributed by atoms with Crippen molar-refractivity contribution in [3.8, 4) is 0 Å². The molecule has 1 saturated carbocycles. The van der Waals surface area contributed by atoms with Crippen molar-refractivity contribution in [1.29, 1.82) is 0 Å². The standard InChI is InChI=1S/C31H39N5O2/c37-29(24-5-6-24)35-16-10-21(19-35)20-36-28(34-31(30(36)38)11-14-32-15-12-31)23-3-1-22(2-4-23)25-7-8-27-18-33-13-9-26(27)17-25/h1-4,7-8,17,21,24,26-27,32-33H,5-6,9-16,18-20H2/t21?,26-,27?/m1/s1. The van der Waals surface area contributed by atoms with Gasteiger partial charge in [0.25, 0.3) is 5.91 Å². The highest BCUT2D eigenvalue weighted by molar-refractivity contribution is 6.15. The minimum atomic E-state index is -0.639. The predicted octanol–water partition coefficient (Wildman–Crippen LogP) is 2.84. The van der Waals surface area contributed by atoms with E-state index in [4.69, 9.17) is 4.99 Å². The minimum absolute atomic E-state index is 0.153. The van der Waals surface area contributed by atoms with Gasteiger partial charge in [-0.15, -0.1) is 0 Å². The van der Waals surface area contributed by atoms with E-state index < -0.39 is 5.54 Å². The van der Waals surface area contributed by atoms with Crippen LogP contribution in [0.25, 0.3) is 5.57 Å². The van der Waals surface area contributed by atoms with Crippen LogP contribution >= 0.6 is 0 Å². The first-order valence-corrected chi connectivity index (χ1v) is 14.7. The van der Waals surface area contributed by atoms with Gasteiger partial charge in [0.05, 0.1) is 0 Å². The van der Waals surface area contributed by atoms with E-state index in [1.807, 2.05) is 9.80 Å². The summed E-state index contributed by atoms with van der Waals surface area (Å²) in [6, 6.07) is 8.68. The van der Waals surface area contributed by atoms with Gasteiger partial charge in [0.1, 0.15) is 11.4 Å². The summed E-state index contributed by atoms with van der Waals surface area (Å²) in [5, 5.41) is 6.90. The molecule has 2 N–H and O–H groups in total. The van der Waals surface area contributed by atoms with Crippen molar-refractivity contribution in [1.82, 2.24) is 20.4 Å². The Morgan fingerprint density at radius 1 is 0.974 bits per heavy atom. The lowest BCUT2D eigenvalue weighted by Gasteiger charge is -2.31. The molecule has 200 valence electrons. The molecule has 6 aliphatic rings. The second kappa shape index (κ2) is 9.76. The lowest BCUT2D eigenvalue weighted by atomic mass is 9.80. The van der Waals surface area contributed by atoms with Crippen molar-refractivity contribution < 1.29 is 9.59 Å². The van der Waals surface area contributed by atoms with Crippen molar-refractivity contribution in [2.45, 2.75) is 44.1 Å². The Kier molecular flexibility index (Phi) is 6.24. The number of hydrogen-bond donors (Lipinski definition) is 2. The number of hydrogen-bond acceptors (Lipinski definition) is 5. The molecule has 2 unspecified atom stereocenters. The predicted molar refractivity (Wildman–Crippen MR) is 149 cm³/mol. The number of nitrogens with zero attached hydrogens (tertiary/aromatic N) is 3. The number of allylic oxidation sites excluding steroid dienone is 3. The van der Waals surface area contributed by atoms with Crippen molar-refractivity contribution in [3.05, 3.63) is 53.6 Å². The van der Waals surface area contributed by atoms with Crippen molar-refractivity contribution in [2.75, 3.05) is 45.8 Å². The normalized spacial score (nSPS) is 30.4. The van der Waals surface area contributed by atoms with Crippen LogP contribution in [0.2, 0.25) is 0 Å². The molecule has 0 bridgehead atoms. The van der Waals surface area contributed by atoms with Crippen LogP contribution in [0.15, 0.2) is 47.5 Å². The summed E-state index contributed by atoms with van der Waals surface area (Å²) in [4.78, 5) is 35.7. The molecule has 3 saturated heterocycles. The Hall–Kier alpha value is -2.77. The summed E-state index contributed by atoms with van der Waals surface area (Å²) in [5.74, 6) is 3.07. The fraction of sp³-hybridized carbons (Fsp3) is 0.581. The van der Waals surface area contributed by atoms with Gasteiger partial charge in [-0.2, -0.15) is 0 Å². The average molecular weight is 514 g/mol. The van der Waals surface area contributed by atoms with Gasteiger partial charge in [0.2, 0.25) is 5.91 Å². The summed E-state index contributed by atoms with van der Waals surface area (Å²) < 4.78 is 0. The van der Waals surface area contributed by atoms with E-state index >= 15 is 0 Å². The van der Waals surface area contributed by atoms with Gasteiger partial charge in [-0.25, -0.2) is 0 Å².